The van der Waals surface area contributed by atoms with E-state index >= 15 is 0 Å². The van der Waals surface area contributed by atoms with Crippen molar-refractivity contribution < 1.29 is 9.18 Å². The molecule has 7 heteroatoms. The lowest BCUT2D eigenvalue weighted by Crippen LogP contribution is -1.95. The first-order valence-electron chi connectivity index (χ1n) is 7.61. The molecule has 0 bridgehead atoms. The second-order valence-electron chi connectivity index (χ2n) is 5.71. The summed E-state index contributed by atoms with van der Waals surface area (Å²) in [6.45, 7) is 3.29. The van der Waals surface area contributed by atoms with Crippen LogP contribution in [0.3, 0.4) is 0 Å². The Morgan fingerprint density at radius 2 is 2.16 bits per heavy atom. The van der Waals surface area contributed by atoms with E-state index in [-0.39, 0.29) is 11.6 Å². The van der Waals surface area contributed by atoms with Gasteiger partial charge in [-0.3, -0.25) is 14.9 Å². The van der Waals surface area contributed by atoms with Crippen LogP contribution in [0, 0.1) is 12.7 Å². The molecule has 124 valence electrons. The van der Waals surface area contributed by atoms with Crippen LogP contribution in [0.25, 0.3) is 32.0 Å². The highest BCUT2D eigenvalue weighted by molar-refractivity contribution is 7.18. The van der Waals surface area contributed by atoms with E-state index in [1.807, 2.05) is 12.1 Å². The maximum absolute atomic E-state index is 13.8. The van der Waals surface area contributed by atoms with Gasteiger partial charge in [-0.15, -0.1) is 11.3 Å². The molecule has 5 nitrogen and oxygen atoms in total. The molecule has 0 aliphatic heterocycles. The predicted molar refractivity (Wildman–Crippen MR) is 95.1 cm³/mol. The van der Waals surface area contributed by atoms with Crippen molar-refractivity contribution in [2.45, 2.75) is 13.8 Å². The topological polar surface area (TPSA) is 71.5 Å². The van der Waals surface area contributed by atoms with Crippen molar-refractivity contribution >= 4 is 28.0 Å². The number of nitrogens with one attached hydrogen (secondary N) is 1. The number of rotatable bonds is 3. The van der Waals surface area contributed by atoms with Crippen LogP contribution in [0.1, 0.15) is 23.0 Å². The molecular weight excluding hydrogens is 339 g/mol. The van der Waals surface area contributed by atoms with Gasteiger partial charge in [-0.1, -0.05) is 6.07 Å². The normalized spacial score (nSPS) is 11.2. The Kier molecular flexibility index (Phi) is 3.65. The molecule has 0 aliphatic rings. The number of Topliss-reactive ketones (excluding diaryl/α,β-unsaturated/α-hetero) is 1. The number of fused-ring (bicyclic) bond motifs is 1. The zero-order chi connectivity index (χ0) is 17.6. The number of aromatic nitrogens is 4. The Morgan fingerprint density at radius 1 is 1.32 bits per heavy atom. The molecule has 0 spiro atoms. The number of hydrogen-bond donors (Lipinski definition) is 1. The molecular formula is C18H13FN4OS. The van der Waals surface area contributed by atoms with Crippen LogP contribution in [0.15, 0.2) is 36.7 Å². The number of hydrogen-bond acceptors (Lipinski definition) is 5. The Morgan fingerprint density at radius 3 is 2.88 bits per heavy atom. The highest BCUT2D eigenvalue weighted by Gasteiger charge is 2.20. The van der Waals surface area contributed by atoms with Crippen molar-refractivity contribution in [1.82, 2.24) is 20.2 Å². The Bertz CT molecular complexity index is 1100. The van der Waals surface area contributed by atoms with Crippen LogP contribution in [-0.2, 0) is 0 Å². The zero-order valence-electron chi connectivity index (χ0n) is 13.5. The Hall–Kier alpha value is -2.93. The largest absolute Gasteiger partial charge is 0.293 e. The number of ketones is 1. The lowest BCUT2D eigenvalue weighted by Gasteiger charge is -1.97. The van der Waals surface area contributed by atoms with Gasteiger partial charge in [0.15, 0.2) is 5.78 Å². The second kappa shape index (κ2) is 5.86. The standard InChI is InChI=1S/C18H13FN4OS/c1-9-6-12(19)7-13-14(9)22-23-16(13)18-21-15(10(2)24)17(25-18)11-4-3-5-20-8-11/h3-8H,1-2H3,(H,22,23). The molecule has 0 aliphatic carbocycles. The van der Waals surface area contributed by atoms with E-state index in [1.54, 1.807) is 19.3 Å². The van der Waals surface area contributed by atoms with E-state index in [4.69, 9.17) is 0 Å². The molecule has 0 saturated carbocycles. The Balaban J connectivity index is 1.94. The second-order valence-corrected chi connectivity index (χ2v) is 6.71. The number of thiazole rings is 1. The fourth-order valence-electron chi connectivity index (χ4n) is 2.77. The van der Waals surface area contributed by atoms with Crippen molar-refractivity contribution in [2.24, 2.45) is 0 Å². The molecule has 3 aromatic heterocycles. The fourth-order valence-corrected chi connectivity index (χ4v) is 3.88. The minimum atomic E-state index is -0.330. The maximum atomic E-state index is 13.8. The zero-order valence-corrected chi connectivity index (χ0v) is 14.3. The number of carbonyl (C=O) groups is 1. The van der Waals surface area contributed by atoms with Gasteiger partial charge in [0.1, 0.15) is 22.2 Å². The summed E-state index contributed by atoms with van der Waals surface area (Å²) in [6.07, 6.45) is 3.37. The van der Waals surface area contributed by atoms with Gasteiger partial charge in [0.05, 0.1) is 10.4 Å². The lowest BCUT2D eigenvalue weighted by molar-refractivity contribution is 0.101. The number of aromatic amines is 1. The van der Waals surface area contributed by atoms with E-state index in [1.165, 1.54) is 30.4 Å². The predicted octanol–water partition coefficient (Wildman–Crippen LogP) is 4.40. The van der Waals surface area contributed by atoms with Crippen LogP contribution in [0.4, 0.5) is 4.39 Å². The van der Waals surface area contributed by atoms with Gasteiger partial charge in [-0.25, -0.2) is 9.37 Å². The third-order valence-corrected chi connectivity index (χ3v) is 5.03. The molecule has 0 atom stereocenters. The van der Waals surface area contributed by atoms with E-state index in [0.717, 1.165) is 16.0 Å². The molecule has 25 heavy (non-hydrogen) atoms. The van der Waals surface area contributed by atoms with Crippen LogP contribution >= 0.6 is 11.3 Å². The highest BCUT2D eigenvalue weighted by Crippen LogP contribution is 2.37. The number of nitrogens with zero attached hydrogens (tertiary/aromatic N) is 3. The van der Waals surface area contributed by atoms with Gasteiger partial charge in [0.25, 0.3) is 0 Å². The molecule has 4 rings (SSSR count). The summed E-state index contributed by atoms with van der Waals surface area (Å²) in [7, 11) is 0. The summed E-state index contributed by atoms with van der Waals surface area (Å²) in [6, 6.07) is 6.56. The third kappa shape index (κ3) is 2.62. The van der Waals surface area contributed by atoms with Crippen LogP contribution in [0.5, 0.6) is 0 Å². The van der Waals surface area contributed by atoms with Crippen LogP contribution in [-0.4, -0.2) is 25.9 Å². The number of halogens is 1. The van der Waals surface area contributed by atoms with E-state index in [0.29, 0.717) is 27.3 Å². The Labute approximate surface area is 146 Å². The molecule has 3 heterocycles. The number of H-pyrrole nitrogens is 1. The first-order chi connectivity index (χ1) is 12.0. The first-order valence-corrected chi connectivity index (χ1v) is 8.43. The summed E-state index contributed by atoms with van der Waals surface area (Å²) < 4.78 is 13.8. The average molecular weight is 352 g/mol. The smallest absolute Gasteiger partial charge is 0.179 e. The van der Waals surface area contributed by atoms with Crippen molar-refractivity contribution in [3.05, 3.63) is 53.7 Å². The minimum absolute atomic E-state index is 0.132. The molecule has 0 radical (unpaired) electrons. The molecule has 0 saturated heterocycles. The summed E-state index contributed by atoms with van der Waals surface area (Å²) >= 11 is 1.36. The summed E-state index contributed by atoms with van der Waals surface area (Å²) in [4.78, 5) is 21.4. The van der Waals surface area contributed by atoms with Gasteiger partial charge >= 0.3 is 0 Å². The number of aryl methyl sites for hydroxylation is 1. The van der Waals surface area contributed by atoms with Gasteiger partial charge in [-0.05, 0) is 30.7 Å². The summed E-state index contributed by atoms with van der Waals surface area (Å²) in [5.74, 6) is -0.462. The molecule has 0 fully saturated rings. The summed E-state index contributed by atoms with van der Waals surface area (Å²) in [5, 5.41) is 8.45. The van der Waals surface area contributed by atoms with Gasteiger partial charge in [0, 0.05) is 30.3 Å². The lowest BCUT2D eigenvalue weighted by atomic mass is 10.1. The summed E-state index contributed by atoms with van der Waals surface area (Å²) in [5.41, 5.74) is 3.25. The fraction of sp³-hybridized carbons (Fsp3) is 0.111. The van der Waals surface area contributed by atoms with Crippen LogP contribution in [0.2, 0.25) is 0 Å². The highest BCUT2D eigenvalue weighted by atomic mass is 32.1. The number of benzene rings is 1. The molecule has 1 aromatic carbocycles. The van der Waals surface area contributed by atoms with E-state index < -0.39 is 0 Å². The minimum Gasteiger partial charge on any atom is -0.293 e. The quantitative estimate of drug-likeness (QED) is 0.555. The molecule has 1 N–H and O–H groups in total. The first kappa shape index (κ1) is 15.6. The van der Waals surface area contributed by atoms with Gasteiger partial charge < -0.3 is 0 Å². The van der Waals surface area contributed by atoms with E-state index in [9.17, 15) is 9.18 Å². The van der Waals surface area contributed by atoms with Crippen molar-refractivity contribution in [1.29, 1.82) is 0 Å². The monoisotopic (exact) mass is 352 g/mol. The van der Waals surface area contributed by atoms with Crippen LogP contribution < -0.4 is 0 Å². The van der Waals surface area contributed by atoms with Gasteiger partial charge in [-0.2, -0.15) is 5.10 Å². The number of carbonyl (C=O) groups excluding carboxylic acids is 1. The molecule has 0 unspecified atom stereocenters. The van der Waals surface area contributed by atoms with Crippen molar-refractivity contribution in [3.63, 3.8) is 0 Å². The van der Waals surface area contributed by atoms with Crippen molar-refractivity contribution in [2.75, 3.05) is 0 Å². The molecule has 0 amide bonds. The average Bonchev–Trinajstić information content (AvgIpc) is 3.19. The van der Waals surface area contributed by atoms with Crippen molar-refractivity contribution in [3.8, 4) is 21.1 Å². The number of pyridine rings is 1. The maximum Gasteiger partial charge on any atom is 0.179 e. The molecule has 4 aromatic rings. The SMILES string of the molecule is CC(=O)c1nc(-c2[nH]nc3c(C)cc(F)cc23)sc1-c1cccnc1. The van der Waals surface area contributed by atoms with Gasteiger partial charge in [0.2, 0.25) is 0 Å². The van der Waals surface area contributed by atoms with E-state index in [2.05, 4.69) is 20.2 Å². The third-order valence-electron chi connectivity index (χ3n) is 3.91.